The summed E-state index contributed by atoms with van der Waals surface area (Å²) in [6.45, 7) is 6.09. The summed E-state index contributed by atoms with van der Waals surface area (Å²) in [4.78, 5) is 16.3. The number of nitrogens with one attached hydrogen (secondary N) is 1. The lowest BCUT2D eigenvalue weighted by atomic mass is 10.1. The molecule has 3 heteroatoms. The molecule has 1 heterocycles. The van der Waals surface area contributed by atoms with Gasteiger partial charge in [0.1, 0.15) is 0 Å². The Hall–Kier alpha value is -2.16. The first-order valence-electron chi connectivity index (χ1n) is 6.94. The zero-order valence-corrected chi connectivity index (χ0v) is 12.2. The minimum atomic E-state index is -0.0670. The molecule has 0 radical (unpaired) electrons. The molecule has 0 saturated heterocycles. The number of aromatic nitrogens is 1. The number of carbonyl (C=O) groups is 1. The normalized spacial score (nSPS) is 11.9. The van der Waals surface area contributed by atoms with Gasteiger partial charge in [-0.05, 0) is 38.5 Å². The lowest BCUT2D eigenvalue weighted by molar-refractivity contribution is 0.0939. The molecule has 104 valence electrons. The van der Waals surface area contributed by atoms with Gasteiger partial charge in [-0.1, -0.05) is 30.7 Å². The summed E-state index contributed by atoms with van der Waals surface area (Å²) < 4.78 is 0. The lowest BCUT2D eigenvalue weighted by Gasteiger charge is -2.11. The molecule has 0 saturated carbocycles. The Balaban J connectivity index is 2.16. The van der Waals surface area contributed by atoms with Crippen molar-refractivity contribution < 1.29 is 4.79 Å². The van der Waals surface area contributed by atoms with Crippen molar-refractivity contribution in [2.75, 3.05) is 0 Å². The monoisotopic (exact) mass is 268 g/mol. The highest BCUT2D eigenvalue weighted by atomic mass is 16.1. The smallest absolute Gasteiger partial charge is 0.253 e. The maximum absolute atomic E-state index is 12.0. The van der Waals surface area contributed by atoms with E-state index in [0.29, 0.717) is 5.56 Å². The molecule has 20 heavy (non-hydrogen) atoms. The molecule has 1 atom stereocenters. The van der Waals surface area contributed by atoms with Gasteiger partial charge in [-0.25, -0.2) is 0 Å². The number of carbonyl (C=O) groups excluding carboxylic acids is 1. The standard InChI is InChI=1S/C17H20N2O/c1-4-13(3)19-17(20)15-8-9-16(18-11-15)14-7-5-6-12(2)10-14/h5-11,13H,4H2,1-3H3,(H,19,20). The Kier molecular flexibility index (Phi) is 4.51. The second-order valence-electron chi connectivity index (χ2n) is 5.08. The highest BCUT2D eigenvalue weighted by molar-refractivity contribution is 5.94. The Morgan fingerprint density at radius 2 is 2.10 bits per heavy atom. The van der Waals surface area contributed by atoms with Crippen LogP contribution in [0, 0.1) is 6.92 Å². The van der Waals surface area contributed by atoms with Crippen molar-refractivity contribution in [1.82, 2.24) is 10.3 Å². The summed E-state index contributed by atoms with van der Waals surface area (Å²) in [5, 5.41) is 2.94. The van der Waals surface area contributed by atoms with E-state index in [1.54, 1.807) is 6.20 Å². The largest absolute Gasteiger partial charge is 0.350 e. The third-order valence-electron chi connectivity index (χ3n) is 3.33. The number of hydrogen-bond acceptors (Lipinski definition) is 2. The maximum Gasteiger partial charge on any atom is 0.253 e. The van der Waals surface area contributed by atoms with Crippen molar-refractivity contribution in [3.63, 3.8) is 0 Å². The fourth-order valence-electron chi connectivity index (χ4n) is 1.91. The van der Waals surface area contributed by atoms with Gasteiger partial charge in [0.05, 0.1) is 11.3 Å². The number of amides is 1. The second kappa shape index (κ2) is 6.33. The van der Waals surface area contributed by atoms with Gasteiger partial charge >= 0.3 is 0 Å². The Labute approximate surface area is 120 Å². The SMILES string of the molecule is CCC(C)NC(=O)c1ccc(-c2cccc(C)c2)nc1. The molecule has 0 spiro atoms. The van der Waals surface area contributed by atoms with Crippen molar-refractivity contribution >= 4 is 5.91 Å². The molecule has 0 aliphatic rings. The van der Waals surface area contributed by atoms with Crippen molar-refractivity contribution in [2.24, 2.45) is 0 Å². The van der Waals surface area contributed by atoms with Crippen molar-refractivity contribution in [3.8, 4) is 11.3 Å². The van der Waals surface area contributed by atoms with Gasteiger partial charge in [0.25, 0.3) is 5.91 Å². The average molecular weight is 268 g/mol. The molecule has 0 fully saturated rings. The fourth-order valence-corrected chi connectivity index (χ4v) is 1.91. The Morgan fingerprint density at radius 1 is 1.30 bits per heavy atom. The van der Waals surface area contributed by atoms with Crippen LogP contribution in [0.2, 0.25) is 0 Å². The van der Waals surface area contributed by atoms with Gasteiger partial charge in [-0.3, -0.25) is 9.78 Å². The van der Waals surface area contributed by atoms with Crippen LogP contribution in [0.4, 0.5) is 0 Å². The first-order valence-corrected chi connectivity index (χ1v) is 6.94. The fraction of sp³-hybridized carbons (Fsp3) is 0.294. The van der Waals surface area contributed by atoms with Crippen molar-refractivity contribution in [3.05, 3.63) is 53.7 Å². The summed E-state index contributed by atoms with van der Waals surface area (Å²) >= 11 is 0. The molecule has 3 nitrogen and oxygen atoms in total. The number of hydrogen-bond donors (Lipinski definition) is 1. The number of benzene rings is 1. The number of aryl methyl sites for hydroxylation is 1. The van der Waals surface area contributed by atoms with Crippen LogP contribution in [0.5, 0.6) is 0 Å². The van der Waals surface area contributed by atoms with Gasteiger partial charge in [-0.2, -0.15) is 0 Å². The van der Waals surface area contributed by atoms with Crippen LogP contribution in [0.25, 0.3) is 11.3 Å². The topological polar surface area (TPSA) is 42.0 Å². The van der Waals surface area contributed by atoms with E-state index in [0.717, 1.165) is 17.7 Å². The number of nitrogens with zero attached hydrogens (tertiary/aromatic N) is 1. The molecule has 1 unspecified atom stereocenters. The van der Waals surface area contributed by atoms with E-state index in [1.165, 1.54) is 5.56 Å². The van der Waals surface area contributed by atoms with Crippen LogP contribution in [0.15, 0.2) is 42.6 Å². The zero-order chi connectivity index (χ0) is 14.5. The first-order chi connectivity index (χ1) is 9.60. The van der Waals surface area contributed by atoms with E-state index in [2.05, 4.69) is 29.4 Å². The van der Waals surface area contributed by atoms with E-state index in [-0.39, 0.29) is 11.9 Å². The molecule has 1 amide bonds. The highest BCUT2D eigenvalue weighted by Gasteiger charge is 2.09. The summed E-state index contributed by atoms with van der Waals surface area (Å²) in [6, 6.07) is 12.1. The Morgan fingerprint density at radius 3 is 2.70 bits per heavy atom. The quantitative estimate of drug-likeness (QED) is 0.920. The van der Waals surface area contributed by atoms with Crippen LogP contribution in [0.3, 0.4) is 0 Å². The van der Waals surface area contributed by atoms with Gasteiger partial charge in [0.2, 0.25) is 0 Å². The molecule has 2 rings (SSSR count). The van der Waals surface area contributed by atoms with E-state index in [4.69, 9.17) is 0 Å². The molecule has 1 aromatic heterocycles. The number of rotatable bonds is 4. The molecule has 1 aromatic carbocycles. The van der Waals surface area contributed by atoms with Gasteiger partial charge in [0, 0.05) is 17.8 Å². The number of pyridine rings is 1. The van der Waals surface area contributed by atoms with E-state index < -0.39 is 0 Å². The summed E-state index contributed by atoms with van der Waals surface area (Å²) in [6.07, 6.45) is 2.55. The average Bonchev–Trinajstić information content (AvgIpc) is 2.47. The van der Waals surface area contributed by atoms with Crippen LogP contribution >= 0.6 is 0 Å². The van der Waals surface area contributed by atoms with Crippen LogP contribution in [-0.4, -0.2) is 16.9 Å². The second-order valence-corrected chi connectivity index (χ2v) is 5.08. The van der Waals surface area contributed by atoms with E-state index >= 15 is 0 Å². The third-order valence-corrected chi connectivity index (χ3v) is 3.33. The van der Waals surface area contributed by atoms with Crippen LogP contribution < -0.4 is 5.32 Å². The van der Waals surface area contributed by atoms with E-state index in [9.17, 15) is 4.79 Å². The zero-order valence-electron chi connectivity index (χ0n) is 12.2. The van der Waals surface area contributed by atoms with E-state index in [1.807, 2.05) is 38.1 Å². The summed E-state index contributed by atoms with van der Waals surface area (Å²) in [5.74, 6) is -0.0670. The molecule has 2 aromatic rings. The predicted molar refractivity (Wildman–Crippen MR) is 81.6 cm³/mol. The summed E-state index contributed by atoms with van der Waals surface area (Å²) in [5.41, 5.74) is 3.75. The minimum absolute atomic E-state index is 0.0670. The Bertz CT molecular complexity index is 590. The van der Waals surface area contributed by atoms with Crippen molar-refractivity contribution in [1.29, 1.82) is 0 Å². The lowest BCUT2D eigenvalue weighted by Crippen LogP contribution is -2.31. The van der Waals surface area contributed by atoms with Crippen molar-refractivity contribution in [2.45, 2.75) is 33.2 Å². The molecule has 0 bridgehead atoms. The molecule has 0 aliphatic carbocycles. The predicted octanol–water partition coefficient (Wildman–Crippen LogP) is 3.59. The third kappa shape index (κ3) is 3.44. The van der Waals surface area contributed by atoms with Gasteiger partial charge in [0.15, 0.2) is 0 Å². The molecular weight excluding hydrogens is 248 g/mol. The molecule has 1 N–H and O–H groups in total. The van der Waals surface area contributed by atoms with Gasteiger partial charge in [-0.15, -0.1) is 0 Å². The van der Waals surface area contributed by atoms with Crippen LogP contribution in [0.1, 0.15) is 36.2 Å². The molecule has 0 aliphatic heterocycles. The summed E-state index contributed by atoms with van der Waals surface area (Å²) in [7, 11) is 0. The van der Waals surface area contributed by atoms with Gasteiger partial charge < -0.3 is 5.32 Å². The highest BCUT2D eigenvalue weighted by Crippen LogP contribution is 2.18. The first kappa shape index (κ1) is 14.3. The molecular formula is C17H20N2O. The maximum atomic E-state index is 12.0. The minimum Gasteiger partial charge on any atom is -0.350 e. The van der Waals surface area contributed by atoms with Crippen LogP contribution in [-0.2, 0) is 0 Å².